The Morgan fingerprint density at radius 3 is 2.75 bits per heavy atom. The van der Waals surface area contributed by atoms with Gasteiger partial charge in [0, 0.05) is 24.3 Å². The van der Waals surface area contributed by atoms with Gasteiger partial charge in [-0.3, -0.25) is 0 Å². The fourth-order valence-electron chi connectivity index (χ4n) is 3.49. The molecule has 1 N–H and O–H groups in total. The molecule has 1 fully saturated rings. The highest BCUT2D eigenvalue weighted by atomic mass is 32.2. The smallest absolute Gasteiger partial charge is 0.152 e. The molecule has 110 valence electrons. The molecule has 0 aromatic heterocycles. The molecule has 1 aromatic carbocycles. The fourth-order valence-corrected chi connectivity index (χ4v) is 5.22. The average molecular weight is 294 g/mol. The molecule has 0 spiro atoms. The summed E-state index contributed by atoms with van der Waals surface area (Å²) in [5, 5.41) is 3.38. The molecule has 2 heterocycles. The topological polar surface area (TPSA) is 49.4 Å². The van der Waals surface area contributed by atoms with Crippen LogP contribution in [0.25, 0.3) is 0 Å². The number of hydrogen-bond acceptors (Lipinski definition) is 4. The molecule has 0 aliphatic carbocycles. The number of nitrogens with one attached hydrogen (secondary N) is 1. The van der Waals surface area contributed by atoms with Crippen LogP contribution in [0.4, 0.5) is 5.69 Å². The van der Waals surface area contributed by atoms with Gasteiger partial charge in [0.15, 0.2) is 9.84 Å². The number of anilines is 1. The Kier molecular flexibility index (Phi) is 3.73. The van der Waals surface area contributed by atoms with Crippen LogP contribution in [0.5, 0.6) is 0 Å². The Morgan fingerprint density at radius 2 is 2.05 bits per heavy atom. The van der Waals surface area contributed by atoms with Gasteiger partial charge in [0.1, 0.15) is 0 Å². The van der Waals surface area contributed by atoms with E-state index in [1.807, 2.05) is 13.1 Å². The van der Waals surface area contributed by atoms with Gasteiger partial charge in [-0.1, -0.05) is 18.2 Å². The number of rotatable bonds is 2. The summed E-state index contributed by atoms with van der Waals surface area (Å²) < 4.78 is 23.5. The molecule has 0 radical (unpaired) electrons. The summed E-state index contributed by atoms with van der Waals surface area (Å²) in [6.07, 6.45) is 2.96. The molecule has 3 rings (SSSR count). The normalized spacial score (nSPS) is 28.9. The molecule has 20 heavy (non-hydrogen) atoms. The van der Waals surface area contributed by atoms with E-state index in [2.05, 4.69) is 28.4 Å². The third-order valence-corrected chi connectivity index (χ3v) is 6.26. The van der Waals surface area contributed by atoms with Crippen molar-refractivity contribution in [2.45, 2.75) is 31.3 Å². The lowest BCUT2D eigenvalue weighted by atomic mass is 10.0. The van der Waals surface area contributed by atoms with Crippen molar-refractivity contribution >= 4 is 15.5 Å². The summed E-state index contributed by atoms with van der Waals surface area (Å²) >= 11 is 0. The van der Waals surface area contributed by atoms with Gasteiger partial charge in [0.2, 0.25) is 0 Å². The van der Waals surface area contributed by atoms with Crippen LogP contribution in [0.3, 0.4) is 0 Å². The highest BCUT2D eigenvalue weighted by Gasteiger charge is 2.34. The van der Waals surface area contributed by atoms with Gasteiger partial charge in [-0.15, -0.1) is 0 Å². The van der Waals surface area contributed by atoms with Gasteiger partial charge in [-0.2, -0.15) is 0 Å². The zero-order chi connectivity index (χ0) is 14.2. The summed E-state index contributed by atoms with van der Waals surface area (Å²) in [4.78, 5) is 2.33. The first-order valence-electron chi connectivity index (χ1n) is 7.34. The molecule has 2 aliphatic rings. The summed E-state index contributed by atoms with van der Waals surface area (Å²) in [5.41, 5.74) is 2.52. The Bertz CT molecular complexity index is 585. The van der Waals surface area contributed by atoms with E-state index in [0.717, 1.165) is 25.8 Å². The van der Waals surface area contributed by atoms with Crippen molar-refractivity contribution in [1.29, 1.82) is 0 Å². The van der Waals surface area contributed by atoms with Crippen LogP contribution in [0.15, 0.2) is 24.3 Å². The molecular weight excluding hydrogens is 272 g/mol. The van der Waals surface area contributed by atoms with E-state index in [1.54, 1.807) is 0 Å². The Hall–Kier alpha value is -1.07. The lowest BCUT2D eigenvalue weighted by Crippen LogP contribution is -2.37. The average Bonchev–Trinajstić information content (AvgIpc) is 2.70. The van der Waals surface area contributed by atoms with Crippen molar-refractivity contribution in [2.24, 2.45) is 0 Å². The Morgan fingerprint density at radius 1 is 1.25 bits per heavy atom. The summed E-state index contributed by atoms with van der Waals surface area (Å²) in [5.74, 6) is 0.650. The minimum atomic E-state index is -2.84. The lowest BCUT2D eigenvalue weighted by molar-refractivity contribution is 0.535. The van der Waals surface area contributed by atoms with Crippen LogP contribution in [0, 0.1) is 0 Å². The van der Waals surface area contributed by atoms with Crippen molar-refractivity contribution in [1.82, 2.24) is 5.32 Å². The number of nitrogens with zero attached hydrogens (tertiary/aromatic N) is 1. The number of hydrogen-bond donors (Lipinski definition) is 1. The van der Waals surface area contributed by atoms with E-state index < -0.39 is 9.84 Å². The fraction of sp³-hybridized carbons (Fsp3) is 0.600. The molecule has 2 atom stereocenters. The standard InChI is InChI=1S/C15H22N2O2S/c1-16-14-6-4-9-17(12-8-10-20(18,19)11-12)15-7-3-2-5-13(14)15/h2-3,5,7,12,14,16H,4,6,8-11H2,1H3. The number of benzene rings is 1. The first-order valence-corrected chi connectivity index (χ1v) is 9.16. The third-order valence-electron chi connectivity index (χ3n) is 4.51. The van der Waals surface area contributed by atoms with Gasteiger partial charge in [-0.05, 0) is 37.9 Å². The highest BCUT2D eigenvalue weighted by Crippen LogP contribution is 2.35. The van der Waals surface area contributed by atoms with Gasteiger partial charge in [0.25, 0.3) is 0 Å². The van der Waals surface area contributed by atoms with E-state index in [0.29, 0.717) is 17.5 Å². The molecule has 5 heteroatoms. The molecule has 2 aliphatic heterocycles. The summed E-state index contributed by atoms with van der Waals surface area (Å²) in [6.45, 7) is 0.954. The van der Waals surface area contributed by atoms with Crippen molar-refractivity contribution in [3.8, 4) is 0 Å². The quantitative estimate of drug-likeness (QED) is 0.902. The van der Waals surface area contributed by atoms with Crippen molar-refractivity contribution < 1.29 is 8.42 Å². The van der Waals surface area contributed by atoms with E-state index in [9.17, 15) is 8.42 Å². The number of fused-ring (bicyclic) bond motifs is 1. The molecule has 0 bridgehead atoms. The minimum Gasteiger partial charge on any atom is -0.367 e. The monoisotopic (exact) mass is 294 g/mol. The van der Waals surface area contributed by atoms with Crippen LogP contribution < -0.4 is 10.2 Å². The SMILES string of the molecule is CNC1CCCN(C2CCS(=O)(=O)C2)c2ccccc21. The lowest BCUT2D eigenvalue weighted by Gasteiger charge is -2.31. The third kappa shape index (κ3) is 2.56. The van der Waals surface area contributed by atoms with Gasteiger partial charge < -0.3 is 10.2 Å². The minimum absolute atomic E-state index is 0.150. The zero-order valence-electron chi connectivity index (χ0n) is 11.9. The largest absolute Gasteiger partial charge is 0.367 e. The van der Waals surface area contributed by atoms with E-state index >= 15 is 0 Å². The Labute approximate surface area is 121 Å². The molecule has 4 nitrogen and oxygen atoms in total. The van der Waals surface area contributed by atoms with Gasteiger partial charge in [-0.25, -0.2) is 8.42 Å². The summed E-state index contributed by atoms with van der Waals surface area (Å²) in [7, 11) is -0.838. The highest BCUT2D eigenvalue weighted by molar-refractivity contribution is 7.91. The number of para-hydroxylation sites is 1. The van der Waals surface area contributed by atoms with E-state index in [-0.39, 0.29) is 6.04 Å². The van der Waals surface area contributed by atoms with Crippen molar-refractivity contribution in [3.05, 3.63) is 29.8 Å². The molecular formula is C15H22N2O2S. The van der Waals surface area contributed by atoms with Crippen LogP contribution in [-0.2, 0) is 9.84 Å². The second-order valence-electron chi connectivity index (χ2n) is 5.79. The molecule has 1 saturated heterocycles. The van der Waals surface area contributed by atoms with E-state index in [1.165, 1.54) is 11.3 Å². The maximum absolute atomic E-state index is 11.8. The van der Waals surface area contributed by atoms with Crippen LogP contribution in [0.2, 0.25) is 0 Å². The molecule has 1 aromatic rings. The summed E-state index contributed by atoms with van der Waals surface area (Å²) in [6, 6.07) is 8.94. The first-order chi connectivity index (χ1) is 9.61. The van der Waals surface area contributed by atoms with E-state index in [4.69, 9.17) is 0 Å². The molecule has 0 amide bonds. The van der Waals surface area contributed by atoms with Crippen molar-refractivity contribution in [2.75, 3.05) is 30.0 Å². The predicted octanol–water partition coefficient (Wildman–Crippen LogP) is 1.73. The van der Waals surface area contributed by atoms with Crippen LogP contribution in [0.1, 0.15) is 30.9 Å². The van der Waals surface area contributed by atoms with Crippen LogP contribution in [-0.4, -0.2) is 39.6 Å². The maximum atomic E-state index is 11.8. The first kappa shape index (κ1) is 13.9. The van der Waals surface area contributed by atoms with Gasteiger partial charge in [0.05, 0.1) is 11.5 Å². The zero-order valence-corrected chi connectivity index (χ0v) is 12.7. The second-order valence-corrected chi connectivity index (χ2v) is 8.02. The van der Waals surface area contributed by atoms with Crippen LogP contribution >= 0.6 is 0 Å². The molecule has 0 saturated carbocycles. The predicted molar refractivity (Wildman–Crippen MR) is 81.9 cm³/mol. The van der Waals surface area contributed by atoms with Gasteiger partial charge >= 0.3 is 0 Å². The van der Waals surface area contributed by atoms with Crippen molar-refractivity contribution in [3.63, 3.8) is 0 Å². The Balaban J connectivity index is 1.96. The maximum Gasteiger partial charge on any atom is 0.152 e. The second kappa shape index (κ2) is 5.37. The molecule has 2 unspecified atom stereocenters. The number of sulfone groups is 1.